The van der Waals surface area contributed by atoms with E-state index >= 15 is 0 Å². The summed E-state index contributed by atoms with van der Waals surface area (Å²) in [7, 11) is 0. The highest BCUT2D eigenvalue weighted by molar-refractivity contribution is 5.85. The highest BCUT2D eigenvalue weighted by atomic mass is 16.5. The van der Waals surface area contributed by atoms with E-state index in [0.29, 0.717) is 12.5 Å². The van der Waals surface area contributed by atoms with Crippen LogP contribution in [-0.2, 0) is 4.74 Å². The second-order valence-corrected chi connectivity index (χ2v) is 3.45. The van der Waals surface area contributed by atoms with Crippen LogP contribution in [0.25, 0.3) is 0 Å². The largest absolute Gasteiger partial charge is 0.476 e. The molecule has 0 radical (unpaired) electrons. The number of anilines is 1. The zero-order valence-corrected chi connectivity index (χ0v) is 8.10. The molecule has 1 saturated heterocycles. The summed E-state index contributed by atoms with van der Waals surface area (Å²) in [5.41, 5.74) is -0.0832. The van der Waals surface area contributed by atoms with Crippen LogP contribution in [0.2, 0.25) is 0 Å². The highest BCUT2D eigenvalue weighted by Crippen LogP contribution is 2.14. The fourth-order valence-electron chi connectivity index (χ4n) is 1.43. The number of rotatable bonds is 4. The van der Waals surface area contributed by atoms with Crippen LogP contribution in [0.3, 0.4) is 0 Å². The number of ether oxygens (including phenoxy) is 1. The molecule has 0 aliphatic carbocycles. The van der Waals surface area contributed by atoms with Crippen LogP contribution in [0, 0.1) is 5.92 Å². The molecule has 0 spiro atoms. The van der Waals surface area contributed by atoms with Crippen molar-refractivity contribution in [3.63, 3.8) is 0 Å². The van der Waals surface area contributed by atoms with Crippen molar-refractivity contribution in [3.05, 3.63) is 12.0 Å². The average Bonchev–Trinajstić information content (AvgIpc) is 2.86. The number of aromatic carboxylic acids is 1. The van der Waals surface area contributed by atoms with Crippen LogP contribution in [0.4, 0.5) is 6.01 Å². The van der Waals surface area contributed by atoms with E-state index in [-0.39, 0.29) is 11.7 Å². The van der Waals surface area contributed by atoms with Crippen molar-refractivity contribution in [2.24, 2.45) is 5.92 Å². The van der Waals surface area contributed by atoms with Crippen molar-refractivity contribution < 1.29 is 19.1 Å². The summed E-state index contributed by atoms with van der Waals surface area (Å²) in [6, 6.07) is 0.249. The molecule has 82 valence electrons. The van der Waals surface area contributed by atoms with E-state index in [2.05, 4.69) is 10.3 Å². The Hall–Kier alpha value is -1.56. The predicted octanol–water partition coefficient (Wildman–Crippen LogP) is 0.821. The van der Waals surface area contributed by atoms with E-state index in [1.165, 1.54) is 0 Å². The summed E-state index contributed by atoms with van der Waals surface area (Å²) < 4.78 is 10.1. The first-order chi connectivity index (χ1) is 7.25. The van der Waals surface area contributed by atoms with E-state index in [1.807, 2.05) is 0 Å². The van der Waals surface area contributed by atoms with Gasteiger partial charge in [0.2, 0.25) is 0 Å². The maximum absolute atomic E-state index is 10.5. The molecular formula is C9H12N2O4. The van der Waals surface area contributed by atoms with Crippen molar-refractivity contribution in [3.8, 4) is 0 Å². The van der Waals surface area contributed by atoms with E-state index < -0.39 is 5.97 Å². The first-order valence-corrected chi connectivity index (χ1v) is 4.76. The molecule has 1 aliphatic rings. The molecule has 6 nitrogen and oxygen atoms in total. The quantitative estimate of drug-likeness (QED) is 0.768. The molecule has 1 fully saturated rings. The topological polar surface area (TPSA) is 84.6 Å². The lowest BCUT2D eigenvalue weighted by Gasteiger charge is -2.06. The minimum Gasteiger partial charge on any atom is -0.476 e. The summed E-state index contributed by atoms with van der Waals surface area (Å²) in [6.07, 6.45) is 2.13. The zero-order valence-electron chi connectivity index (χ0n) is 8.10. The van der Waals surface area contributed by atoms with E-state index in [4.69, 9.17) is 14.3 Å². The standard InChI is InChI=1S/C9H12N2O4/c12-8(13)7-5-15-9(11-7)10-3-6-1-2-14-4-6/h5-6H,1-4H2,(H,10,11)(H,12,13). The minimum atomic E-state index is -1.09. The third-order valence-electron chi connectivity index (χ3n) is 2.29. The molecule has 1 aromatic heterocycles. The maximum Gasteiger partial charge on any atom is 0.357 e. The van der Waals surface area contributed by atoms with Gasteiger partial charge in [-0.25, -0.2) is 4.79 Å². The smallest absolute Gasteiger partial charge is 0.357 e. The molecule has 0 saturated carbocycles. The Bertz CT molecular complexity index is 344. The van der Waals surface area contributed by atoms with Gasteiger partial charge in [-0.3, -0.25) is 0 Å². The van der Waals surface area contributed by atoms with Gasteiger partial charge in [-0.05, 0) is 6.42 Å². The summed E-state index contributed by atoms with van der Waals surface area (Å²) in [6.45, 7) is 2.22. The summed E-state index contributed by atoms with van der Waals surface area (Å²) in [5, 5.41) is 11.5. The number of nitrogens with one attached hydrogen (secondary N) is 1. The average molecular weight is 212 g/mol. The number of carboxylic acids is 1. The van der Waals surface area contributed by atoms with Gasteiger partial charge in [0.15, 0.2) is 5.69 Å². The van der Waals surface area contributed by atoms with Crippen LogP contribution in [0.1, 0.15) is 16.9 Å². The summed E-state index contributed by atoms with van der Waals surface area (Å²) in [4.78, 5) is 14.3. The fourth-order valence-corrected chi connectivity index (χ4v) is 1.43. The first kappa shape index (κ1) is 9.97. The molecule has 15 heavy (non-hydrogen) atoms. The predicted molar refractivity (Wildman–Crippen MR) is 50.9 cm³/mol. The van der Waals surface area contributed by atoms with Gasteiger partial charge in [0.25, 0.3) is 6.01 Å². The van der Waals surface area contributed by atoms with Gasteiger partial charge in [-0.1, -0.05) is 0 Å². The molecule has 6 heteroatoms. The molecule has 1 aliphatic heterocycles. The Labute approximate surface area is 86.2 Å². The molecule has 1 atom stereocenters. The van der Waals surface area contributed by atoms with E-state index in [1.54, 1.807) is 0 Å². The lowest BCUT2D eigenvalue weighted by atomic mass is 10.1. The normalized spacial score (nSPS) is 20.4. The number of hydrogen-bond acceptors (Lipinski definition) is 5. The molecule has 1 unspecified atom stereocenters. The van der Waals surface area contributed by atoms with Crippen LogP contribution in [0.15, 0.2) is 10.7 Å². The van der Waals surface area contributed by atoms with Crippen LogP contribution >= 0.6 is 0 Å². The zero-order chi connectivity index (χ0) is 10.7. The molecule has 0 bridgehead atoms. The van der Waals surface area contributed by atoms with E-state index in [0.717, 1.165) is 25.9 Å². The molecular weight excluding hydrogens is 200 g/mol. The molecule has 0 aromatic carbocycles. The van der Waals surface area contributed by atoms with Gasteiger partial charge in [-0.2, -0.15) is 4.98 Å². The highest BCUT2D eigenvalue weighted by Gasteiger charge is 2.16. The Morgan fingerprint density at radius 3 is 3.20 bits per heavy atom. The number of aromatic nitrogens is 1. The third-order valence-corrected chi connectivity index (χ3v) is 2.29. The maximum atomic E-state index is 10.5. The number of nitrogens with zero attached hydrogens (tertiary/aromatic N) is 1. The van der Waals surface area contributed by atoms with Crippen molar-refractivity contribution in [2.75, 3.05) is 25.1 Å². The number of carboxylic acid groups (broad SMARTS) is 1. The van der Waals surface area contributed by atoms with E-state index in [9.17, 15) is 4.79 Å². The second kappa shape index (κ2) is 4.31. The van der Waals surface area contributed by atoms with Crippen molar-refractivity contribution in [1.82, 2.24) is 4.98 Å². The van der Waals surface area contributed by atoms with Gasteiger partial charge >= 0.3 is 5.97 Å². The lowest BCUT2D eigenvalue weighted by molar-refractivity contribution is 0.0690. The Morgan fingerprint density at radius 2 is 2.60 bits per heavy atom. The number of carbonyl (C=O) groups is 1. The van der Waals surface area contributed by atoms with Crippen LogP contribution < -0.4 is 5.32 Å². The van der Waals surface area contributed by atoms with Crippen LogP contribution in [0.5, 0.6) is 0 Å². The Kier molecular flexibility index (Phi) is 2.86. The van der Waals surface area contributed by atoms with Gasteiger partial charge in [0, 0.05) is 19.1 Å². The second-order valence-electron chi connectivity index (χ2n) is 3.45. The summed E-state index contributed by atoms with van der Waals surface area (Å²) in [5.74, 6) is -0.638. The Morgan fingerprint density at radius 1 is 1.73 bits per heavy atom. The molecule has 2 rings (SSSR count). The van der Waals surface area contributed by atoms with Gasteiger partial charge < -0.3 is 19.6 Å². The molecule has 2 N–H and O–H groups in total. The Balaban J connectivity index is 1.84. The summed E-state index contributed by atoms with van der Waals surface area (Å²) >= 11 is 0. The van der Waals surface area contributed by atoms with Crippen LogP contribution in [-0.4, -0.2) is 35.8 Å². The van der Waals surface area contributed by atoms with Crippen molar-refractivity contribution in [2.45, 2.75) is 6.42 Å². The van der Waals surface area contributed by atoms with Gasteiger partial charge in [-0.15, -0.1) is 0 Å². The molecule has 0 amide bonds. The first-order valence-electron chi connectivity index (χ1n) is 4.76. The molecule has 1 aromatic rings. The lowest BCUT2D eigenvalue weighted by Crippen LogP contribution is -2.14. The monoisotopic (exact) mass is 212 g/mol. The number of hydrogen-bond donors (Lipinski definition) is 2. The molecule has 2 heterocycles. The number of oxazole rings is 1. The fraction of sp³-hybridized carbons (Fsp3) is 0.556. The SMILES string of the molecule is O=C(O)c1coc(NCC2CCOC2)n1. The van der Waals surface area contributed by atoms with Crippen molar-refractivity contribution >= 4 is 12.0 Å². The van der Waals surface area contributed by atoms with Gasteiger partial charge in [0.1, 0.15) is 6.26 Å². The van der Waals surface area contributed by atoms with Gasteiger partial charge in [0.05, 0.1) is 6.61 Å². The minimum absolute atomic E-state index is 0.0832. The third kappa shape index (κ3) is 2.47. The van der Waals surface area contributed by atoms with Crippen molar-refractivity contribution in [1.29, 1.82) is 0 Å².